The summed E-state index contributed by atoms with van der Waals surface area (Å²) in [6, 6.07) is 1.57. The molecule has 0 bridgehead atoms. The molecule has 1 saturated carbocycles. The van der Waals surface area contributed by atoms with Crippen molar-refractivity contribution in [1.82, 2.24) is 5.32 Å². The Labute approximate surface area is 128 Å². The van der Waals surface area contributed by atoms with Crippen molar-refractivity contribution in [3.05, 3.63) is 0 Å². The van der Waals surface area contributed by atoms with Gasteiger partial charge in [0.15, 0.2) is 0 Å². The third-order valence-electron chi connectivity index (χ3n) is 4.99. The standard InChI is InChI=1S/C19H39N/c1-5-7-9-12-17(13-10-8-6-2)20-18-14-11-15-19(3,4)16-18/h17-18,20H,5-16H2,1-4H3. The van der Waals surface area contributed by atoms with E-state index in [-0.39, 0.29) is 0 Å². The van der Waals surface area contributed by atoms with Gasteiger partial charge in [0.1, 0.15) is 0 Å². The highest BCUT2D eigenvalue weighted by molar-refractivity contribution is 4.85. The largest absolute Gasteiger partial charge is 0.311 e. The molecular weight excluding hydrogens is 242 g/mol. The molecule has 20 heavy (non-hydrogen) atoms. The van der Waals surface area contributed by atoms with Crippen molar-refractivity contribution in [2.24, 2.45) is 5.41 Å². The lowest BCUT2D eigenvalue weighted by molar-refractivity contribution is 0.184. The van der Waals surface area contributed by atoms with Crippen LogP contribution in [0.5, 0.6) is 0 Å². The molecule has 1 unspecified atom stereocenters. The highest BCUT2D eigenvalue weighted by Crippen LogP contribution is 2.35. The Bertz CT molecular complexity index is 224. The number of unbranched alkanes of at least 4 members (excludes halogenated alkanes) is 4. The topological polar surface area (TPSA) is 12.0 Å². The molecule has 0 radical (unpaired) electrons. The molecule has 1 aliphatic carbocycles. The zero-order chi connectivity index (χ0) is 14.8. The van der Waals surface area contributed by atoms with Gasteiger partial charge in [0.05, 0.1) is 0 Å². The van der Waals surface area contributed by atoms with Gasteiger partial charge in [0.25, 0.3) is 0 Å². The van der Waals surface area contributed by atoms with Gasteiger partial charge in [-0.15, -0.1) is 0 Å². The molecule has 0 heterocycles. The molecule has 0 saturated heterocycles. The van der Waals surface area contributed by atoms with Crippen molar-refractivity contribution >= 4 is 0 Å². The maximum absolute atomic E-state index is 4.03. The van der Waals surface area contributed by atoms with Gasteiger partial charge in [-0.05, 0) is 37.5 Å². The van der Waals surface area contributed by atoms with Crippen LogP contribution in [0.3, 0.4) is 0 Å². The summed E-state index contributed by atoms with van der Waals surface area (Å²) in [6.07, 6.45) is 16.7. The highest BCUT2D eigenvalue weighted by Gasteiger charge is 2.28. The summed E-state index contributed by atoms with van der Waals surface area (Å²) >= 11 is 0. The zero-order valence-electron chi connectivity index (χ0n) is 14.6. The molecular formula is C19H39N. The van der Waals surface area contributed by atoms with Gasteiger partial charge in [0.2, 0.25) is 0 Å². The van der Waals surface area contributed by atoms with Crippen LogP contribution in [0.4, 0.5) is 0 Å². The van der Waals surface area contributed by atoms with Crippen molar-refractivity contribution < 1.29 is 0 Å². The van der Waals surface area contributed by atoms with Gasteiger partial charge in [-0.3, -0.25) is 0 Å². The Morgan fingerprint density at radius 3 is 2.10 bits per heavy atom. The van der Waals surface area contributed by atoms with Crippen LogP contribution in [0.2, 0.25) is 0 Å². The summed E-state index contributed by atoms with van der Waals surface area (Å²) in [5, 5.41) is 4.03. The molecule has 0 aromatic carbocycles. The van der Waals surface area contributed by atoms with E-state index in [1.54, 1.807) is 0 Å². The van der Waals surface area contributed by atoms with E-state index >= 15 is 0 Å². The molecule has 1 N–H and O–H groups in total. The molecule has 0 amide bonds. The molecule has 1 atom stereocenters. The molecule has 0 aliphatic heterocycles. The summed E-state index contributed by atoms with van der Waals surface area (Å²) in [4.78, 5) is 0. The smallest absolute Gasteiger partial charge is 0.00747 e. The number of hydrogen-bond acceptors (Lipinski definition) is 1. The van der Waals surface area contributed by atoms with Crippen LogP contribution >= 0.6 is 0 Å². The lowest BCUT2D eigenvalue weighted by Gasteiger charge is -2.37. The molecule has 0 aromatic rings. The van der Waals surface area contributed by atoms with Crippen molar-refractivity contribution in [2.75, 3.05) is 0 Å². The van der Waals surface area contributed by atoms with Crippen LogP contribution in [0.1, 0.15) is 105 Å². The first-order valence-corrected chi connectivity index (χ1v) is 9.33. The third kappa shape index (κ3) is 7.67. The first-order chi connectivity index (χ1) is 9.57. The first kappa shape index (κ1) is 18.0. The fourth-order valence-corrected chi connectivity index (χ4v) is 3.77. The Kier molecular flexibility index (Phi) is 8.84. The number of rotatable bonds is 10. The van der Waals surface area contributed by atoms with E-state index in [9.17, 15) is 0 Å². The van der Waals surface area contributed by atoms with Crippen LogP contribution in [0, 0.1) is 5.41 Å². The molecule has 0 spiro atoms. The van der Waals surface area contributed by atoms with E-state index < -0.39 is 0 Å². The van der Waals surface area contributed by atoms with E-state index in [1.165, 1.54) is 77.0 Å². The van der Waals surface area contributed by atoms with Gasteiger partial charge in [0, 0.05) is 12.1 Å². The van der Waals surface area contributed by atoms with Crippen molar-refractivity contribution in [2.45, 2.75) is 117 Å². The molecule has 1 nitrogen and oxygen atoms in total. The minimum atomic E-state index is 0.563. The molecule has 120 valence electrons. The van der Waals surface area contributed by atoms with Gasteiger partial charge in [-0.1, -0.05) is 72.6 Å². The van der Waals surface area contributed by atoms with E-state index in [1.807, 2.05) is 0 Å². The van der Waals surface area contributed by atoms with Crippen LogP contribution in [-0.4, -0.2) is 12.1 Å². The minimum Gasteiger partial charge on any atom is -0.311 e. The molecule has 1 rings (SSSR count). The molecule has 1 aliphatic rings. The summed E-state index contributed by atoms with van der Waals surface area (Å²) < 4.78 is 0. The molecule has 0 aromatic heterocycles. The normalized spacial score (nSPS) is 22.4. The maximum Gasteiger partial charge on any atom is 0.00747 e. The quantitative estimate of drug-likeness (QED) is 0.479. The summed E-state index contributed by atoms with van der Waals surface area (Å²) in [5.41, 5.74) is 0.563. The summed E-state index contributed by atoms with van der Waals surface area (Å²) in [6.45, 7) is 9.51. The van der Waals surface area contributed by atoms with Gasteiger partial charge >= 0.3 is 0 Å². The van der Waals surface area contributed by atoms with Crippen LogP contribution in [0.25, 0.3) is 0 Å². The Morgan fingerprint density at radius 1 is 1.00 bits per heavy atom. The second-order valence-electron chi connectivity index (χ2n) is 7.81. The Hall–Kier alpha value is -0.0400. The SMILES string of the molecule is CCCCCC(CCCCC)NC1CCCC(C)(C)C1. The predicted octanol–water partition coefficient (Wildman–Crippen LogP) is 6.07. The first-order valence-electron chi connectivity index (χ1n) is 9.33. The summed E-state index contributed by atoms with van der Waals surface area (Å²) in [5.74, 6) is 0. The average Bonchev–Trinajstić information content (AvgIpc) is 2.38. The predicted molar refractivity (Wildman–Crippen MR) is 91.2 cm³/mol. The average molecular weight is 282 g/mol. The van der Waals surface area contributed by atoms with Gasteiger partial charge < -0.3 is 5.32 Å². The monoisotopic (exact) mass is 281 g/mol. The third-order valence-corrected chi connectivity index (χ3v) is 4.99. The van der Waals surface area contributed by atoms with Gasteiger partial charge in [-0.2, -0.15) is 0 Å². The molecule has 1 heteroatoms. The second-order valence-corrected chi connectivity index (χ2v) is 7.81. The number of hydrogen-bond donors (Lipinski definition) is 1. The fraction of sp³-hybridized carbons (Fsp3) is 1.00. The van der Waals surface area contributed by atoms with Crippen molar-refractivity contribution in [3.8, 4) is 0 Å². The van der Waals surface area contributed by atoms with Gasteiger partial charge in [-0.25, -0.2) is 0 Å². The van der Waals surface area contributed by atoms with Crippen molar-refractivity contribution in [1.29, 1.82) is 0 Å². The lowest BCUT2D eigenvalue weighted by Crippen LogP contribution is -2.43. The van der Waals surface area contributed by atoms with Crippen LogP contribution in [-0.2, 0) is 0 Å². The Morgan fingerprint density at radius 2 is 1.60 bits per heavy atom. The maximum atomic E-state index is 4.03. The van der Waals surface area contributed by atoms with E-state index in [4.69, 9.17) is 0 Å². The fourth-order valence-electron chi connectivity index (χ4n) is 3.77. The highest BCUT2D eigenvalue weighted by atomic mass is 15.0. The second kappa shape index (κ2) is 9.82. The van der Waals surface area contributed by atoms with E-state index in [0.29, 0.717) is 5.41 Å². The van der Waals surface area contributed by atoms with Crippen molar-refractivity contribution in [3.63, 3.8) is 0 Å². The number of nitrogens with one attached hydrogen (secondary N) is 1. The van der Waals surface area contributed by atoms with E-state index in [0.717, 1.165) is 12.1 Å². The molecule has 1 fully saturated rings. The summed E-state index contributed by atoms with van der Waals surface area (Å²) in [7, 11) is 0. The minimum absolute atomic E-state index is 0.563. The van der Waals surface area contributed by atoms with Crippen LogP contribution in [0.15, 0.2) is 0 Å². The van der Waals surface area contributed by atoms with Crippen LogP contribution < -0.4 is 5.32 Å². The lowest BCUT2D eigenvalue weighted by atomic mass is 9.75. The van der Waals surface area contributed by atoms with E-state index in [2.05, 4.69) is 33.0 Å². The zero-order valence-corrected chi connectivity index (χ0v) is 14.6. The Balaban J connectivity index is 2.36.